The van der Waals surface area contributed by atoms with Crippen LogP contribution >= 0.6 is 0 Å². The number of pyridine rings is 1. The monoisotopic (exact) mass is 262 g/mol. The standard InChI is InChI=1S/C17H30N2/c1-5-12-19(13-8-9-16(6-2)7-3)17-11-10-15(4)14-18-17/h10-11,14,16H,5-9,12-13H2,1-4H3. The van der Waals surface area contributed by atoms with E-state index in [1.165, 1.54) is 37.7 Å². The molecular formula is C17H30N2. The van der Waals surface area contributed by atoms with E-state index in [0.29, 0.717) is 0 Å². The second-order valence-electron chi connectivity index (χ2n) is 5.51. The lowest BCUT2D eigenvalue weighted by Crippen LogP contribution is -2.26. The van der Waals surface area contributed by atoms with E-state index in [2.05, 4.69) is 49.7 Å². The molecule has 0 aliphatic carbocycles. The van der Waals surface area contributed by atoms with Gasteiger partial charge in [-0.1, -0.05) is 39.7 Å². The SMILES string of the molecule is CCCN(CCCC(CC)CC)c1ccc(C)cn1. The van der Waals surface area contributed by atoms with Crippen LogP contribution in [-0.4, -0.2) is 18.1 Å². The molecule has 2 nitrogen and oxygen atoms in total. The highest BCUT2D eigenvalue weighted by molar-refractivity contribution is 5.38. The lowest BCUT2D eigenvalue weighted by molar-refractivity contribution is 0.440. The molecule has 0 amide bonds. The molecule has 0 saturated carbocycles. The van der Waals surface area contributed by atoms with Crippen molar-refractivity contribution in [3.05, 3.63) is 23.9 Å². The van der Waals surface area contributed by atoms with Gasteiger partial charge in [-0.2, -0.15) is 0 Å². The van der Waals surface area contributed by atoms with Gasteiger partial charge in [0.15, 0.2) is 0 Å². The molecule has 0 unspecified atom stereocenters. The number of anilines is 1. The number of rotatable bonds is 9. The summed E-state index contributed by atoms with van der Waals surface area (Å²) in [6.45, 7) is 11.2. The van der Waals surface area contributed by atoms with Crippen LogP contribution in [0.2, 0.25) is 0 Å². The summed E-state index contributed by atoms with van der Waals surface area (Å²) in [7, 11) is 0. The van der Waals surface area contributed by atoms with Crippen molar-refractivity contribution < 1.29 is 0 Å². The van der Waals surface area contributed by atoms with Crippen LogP contribution in [0.3, 0.4) is 0 Å². The highest BCUT2D eigenvalue weighted by Crippen LogP contribution is 2.17. The third-order valence-corrected chi connectivity index (χ3v) is 3.91. The molecule has 0 aliphatic heterocycles. The Bertz CT molecular complexity index is 328. The molecule has 0 spiro atoms. The second-order valence-corrected chi connectivity index (χ2v) is 5.51. The topological polar surface area (TPSA) is 16.1 Å². The van der Waals surface area contributed by atoms with Crippen molar-refractivity contribution >= 4 is 5.82 Å². The van der Waals surface area contributed by atoms with E-state index in [1.54, 1.807) is 0 Å². The summed E-state index contributed by atoms with van der Waals surface area (Å²) in [4.78, 5) is 6.99. The van der Waals surface area contributed by atoms with Gasteiger partial charge in [-0.05, 0) is 43.7 Å². The predicted octanol–water partition coefficient (Wildman–Crippen LogP) is 4.82. The Kier molecular flexibility index (Phi) is 7.54. The van der Waals surface area contributed by atoms with Gasteiger partial charge >= 0.3 is 0 Å². The van der Waals surface area contributed by atoms with E-state index in [0.717, 1.165) is 24.8 Å². The van der Waals surface area contributed by atoms with Gasteiger partial charge in [-0.15, -0.1) is 0 Å². The summed E-state index contributed by atoms with van der Waals surface area (Å²) in [5.41, 5.74) is 1.23. The first-order valence-corrected chi connectivity index (χ1v) is 7.88. The van der Waals surface area contributed by atoms with Crippen molar-refractivity contribution in [1.29, 1.82) is 0 Å². The van der Waals surface area contributed by atoms with Crippen molar-refractivity contribution in [3.63, 3.8) is 0 Å². The van der Waals surface area contributed by atoms with Crippen molar-refractivity contribution in [2.45, 2.75) is 59.8 Å². The lowest BCUT2D eigenvalue weighted by Gasteiger charge is -2.24. The zero-order valence-electron chi connectivity index (χ0n) is 13.2. The molecule has 0 aromatic carbocycles. The number of hydrogen-bond donors (Lipinski definition) is 0. The van der Waals surface area contributed by atoms with Gasteiger partial charge in [0.05, 0.1) is 0 Å². The molecule has 19 heavy (non-hydrogen) atoms. The maximum Gasteiger partial charge on any atom is 0.128 e. The average molecular weight is 262 g/mol. The Labute approximate surface area is 119 Å². The Hall–Kier alpha value is -1.05. The van der Waals surface area contributed by atoms with E-state index in [9.17, 15) is 0 Å². The zero-order valence-corrected chi connectivity index (χ0v) is 13.2. The van der Waals surface area contributed by atoms with Gasteiger partial charge in [0.2, 0.25) is 0 Å². The maximum absolute atomic E-state index is 4.56. The van der Waals surface area contributed by atoms with Gasteiger partial charge < -0.3 is 4.90 Å². The minimum Gasteiger partial charge on any atom is -0.357 e. The summed E-state index contributed by atoms with van der Waals surface area (Å²) in [5, 5.41) is 0. The van der Waals surface area contributed by atoms with E-state index in [4.69, 9.17) is 0 Å². The molecule has 0 bridgehead atoms. The number of aryl methyl sites for hydroxylation is 1. The summed E-state index contributed by atoms with van der Waals surface area (Å²) >= 11 is 0. The molecule has 2 heteroatoms. The van der Waals surface area contributed by atoms with Gasteiger partial charge in [0.25, 0.3) is 0 Å². The molecule has 0 aliphatic rings. The van der Waals surface area contributed by atoms with E-state index >= 15 is 0 Å². The maximum atomic E-state index is 4.56. The number of aromatic nitrogens is 1. The van der Waals surface area contributed by atoms with E-state index in [-0.39, 0.29) is 0 Å². The van der Waals surface area contributed by atoms with Crippen LogP contribution < -0.4 is 4.90 Å². The molecule has 0 atom stereocenters. The molecule has 1 aromatic rings. The first kappa shape index (κ1) is 16.0. The molecule has 1 aromatic heterocycles. The van der Waals surface area contributed by atoms with E-state index in [1.807, 2.05) is 6.20 Å². The van der Waals surface area contributed by atoms with Crippen LogP contribution in [0.4, 0.5) is 5.82 Å². The van der Waals surface area contributed by atoms with Crippen LogP contribution in [0.15, 0.2) is 18.3 Å². The first-order valence-electron chi connectivity index (χ1n) is 7.88. The van der Waals surface area contributed by atoms with Gasteiger partial charge in [-0.25, -0.2) is 4.98 Å². The van der Waals surface area contributed by atoms with Gasteiger partial charge in [-0.3, -0.25) is 0 Å². The Morgan fingerprint density at radius 2 is 1.84 bits per heavy atom. The minimum absolute atomic E-state index is 0.898. The number of nitrogens with zero attached hydrogens (tertiary/aromatic N) is 2. The van der Waals surface area contributed by atoms with Crippen molar-refractivity contribution in [1.82, 2.24) is 4.98 Å². The molecule has 0 saturated heterocycles. The first-order chi connectivity index (χ1) is 9.21. The van der Waals surface area contributed by atoms with Gasteiger partial charge in [0, 0.05) is 19.3 Å². The van der Waals surface area contributed by atoms with Crippen molar-refractivity contribution in [2.24, 2.45) is 5.92 Å². The average Bonchev–Trinajstić information content (AvgIpc) is 2.43. The smallest absolute Gasteiger partial charge is 0.128 e. The molecule has 0 N–H and O–H groups in total. The molecular weight excluding hydrogens is 232 g/mol. The quantitative estimate of drug-likeness (QED) is 0.634. The highest BCUT2D eigenvalue weighted by Gasteiger charge is 2.08. The Morgan fingerprint density at radius 3 is 2.37 bits per heavy atom. The third-order valence-electron chi connectivity index (χ3n) is 3.91. The minimum atomic E-state index is 0.898. The van der Waals surface area contributed by atoms with Crippen LogP contribution in [0.1, 0.15) is 58.4 Å². The Morgan fingerprint density at radius 1 is 1.11 bits per heavy atom. The molecule has 1 rings (SSSR count). The summed E-state index contributed by atoms with van der Waals surface area (Å²) in [6, 6.07) is 4.31. The van der Waals surface area contributed by atoms with Crippen molar-refractivity contribution in [3.8, 4) is 0 Å². The molecule has 0 radical (unpaired) electrons. The van der Waals surface area contributed by atoms with Crippen LogP contribution in [-0.2, 0) is 0 Å². The normalized spacial score (nSPS) is 11.0. The highest BCUT2D eigenvalue weighted by atomic mass is 15.2. The third kappa shape index (κ3) is 5.63. The summed E-state index contributed by atoms with van der Waals surface area (Å²) < 4.78 is 0. The lowest BCUT2D eigenvalue weighted by atomic mass is 9.97. The fourth-order valence-electron chi connectivity index (χ4n) is 2.53. The largest absolute Gasteiger partial charge is 0.357 e. The fraction of sp³-hybridized carbons (Fsp3) is 0.706. The fourth-order valence-corrected chi connectivity index (χ4v) is 2.53. The molecule has 0 fully saturated rings. The zero-order chi connectivity index (χ0) is 14.1. The molecule has 1 heterocycles. The number of hydrogen-bond acceptors (Lipinski definition) is 2. The summed E-state index contributed by atoms with van der Waals surface area (Å²) in [5.74, 6) is 2.03. The van der Waals surface area contributed by atoms with E-state index < -0.39 is 0 Å². The van der Waals surface area contributed by atoms with Gasteiger partial charge in [0.1, 0.15) is 5.82 Å². The van der Waals surface area contributed by atoms with Crippen LogP contribution in [0.5, 0.6) is 0 Å². The second kappa shape index (κ2) is 8.95. The summed E-state index contributed by atoms with van der Waals surface area (Å²) in [6.07, 6.45) is 8.40. The van der Waals surface area contributed by atoms with Crippen LogP contribution in [0, 0.1) is 12.8 Å². The predicted molar refractivity (Wildman–Crippen MR) is 84.8 cm³/mol. The van der Waals surface area contributed by atoms with Crippen molar-refractivity contribution in [2.75, 3.05) is 18.0 Å². The van der Waals surface area contributed by atoms with Crippen LogP contribution in [0.25, 0.3) is 0 Å². The molecule has 108 valence electrons. The Balaban J connectivity index is 2.50.